The van der Waals surface area contributed by atoms with Crippen molar-refractivity contribution >= 4 is 0 Å². The number of allylic oxidation sites excluding steroid dienone is 2. The van der Waals surface area contributed by atoms with Gasteiger partial charge in [-0.1, -0.05) is 49.4 Å². The first kappa shape index (κ1) is 9.05. The number of rotatable bonds is 3. The van der Waals surface area contributed by atoms with Gasteiger partial charge in [-0.15, -0.1) is 0 Å². The standard InChI is InChI=1S/C12H16/c1-3-8-11(4-2)12-9-6-5-7-10-12/h3,5-11H,4H2,1-2H3/b8-3-/t11-/m1/s1. The summed E-state index contributed by atoms with van der Waals surface area (Å²) in [5, 5.41) is 0. The minimum absolute atomic E-state index is 0.594. The van der Waals surface area contributed by atoms with E-state index in [-0.39, 0.29) is 0 Å². The van der Waals surface area contributed by atoms with Crippen molar-refractivity contribution in [3.63, 3.8) is 0 Å². The Bertz CT molecular complexity index is 233. The summed E-state index contributed by atoms with van der Waals surface area (Å²) < 4.78 is 0. The Morgan fingerprint density at radius 2 is 1.92 bits per heavy atom. The van der Waals surface area contributed by atoms with Crippen LogP contribution >= 0.6 is 0 Å². The molecule has 0 aliphatic heterocycles. The Labute approximate surface area is 74.9 Å². The Balaban J connectivity index is 2.80. The van der Waals surface area contributed by atoms with Gasteiger partial charge in [0.05, 0.1) is 0 Å². The zero-order valence-electron chi connectivity index (χ0n) is 7.83. The number of hydrogen-bond donors (Lipinski definition) is 0. The van der Waals surface area contributed by atoms with Gasteiger partial charge in [-0.25, -0.2) is 0 Å². The molecular weight excluding hydrogens is 144 g/mol. The molecule has 12 heavy (non-hydrogen) atoms. The lowest BCUT2D eigenvalue weighted by Crippen LogP contribution is -1.91. The van der Waals surface area contributed by atoms with E-state index in [1.165, 1.54) is 12.0 Å². The van der Waals surface area contributed by atoms with Crippen molar-refractivity contribution in [2.45, 2.75) is 26.2 Å². The van der Waals surface area contributed by atoms with E-state index in [0.717, 1.165) is 0 Å². The fourth-order valence-corrected chi connectivity index (χ4v) is 1.42. The van der Waals surface area contributed by atoms with Crippen LogP contribution in [0, 0.1) is 0 Å². The highest BCUT2D eigenvalue weighted by atomic mass is 14.1. The van der Waals surface area contributed by atoms with Crippen molar-refractivity contribution in [2.75, 3.05) is 0 Å². The van der Waals surface area contributed by atoms with Crippen LogP contribution in [0.3, 0.4) is 0 Å². The average molecular weight is 160 g/mol. The second kappa shape index (κ2) is 4.76. The molecule has 0 N–H and O–H groups in total. The molecule has 0 fully saturated rings. The van der Waals surface area contributed by atoms with E-state index in [4.69, 9.17) is 0 Å². The predicted molar refractivity (Wildman–Crippen MR) is 54.3 cm³/mol. The van der Waals surface area contributed by atoms with Gasteiger partial charge in [0.1, 0.15) is 0 Å². The van der Waals surface area contributed by atoms with Crippen molar-refractivity contribution in [3.05, 3.63) is 48.0 Å². The maximum atomic E-state index is 2.26. The smallest absolute Gasteiger partial charge is 0.00152 e. The van der Waals surface area contributed by atoms with Crippen molar-refractivity contribution < 1.29 is 0 Å². The monoisotopic (exact) mass is 160 g/mol. The summed E-state index contributed by atoms with van der Waals surface area (Å²) in [6.07, 6.45) is 5.56. The highest BCUT2D eigenvalue weighted by Crippen LogP contribution is 2.19. The largest absolute Gasteiger partial charge is 0.0910 e. The summed E-state index contributed by atoms with van der Waals surface area (Å²) in [7, 11) is 0. The molecular formula is C12H16. The van der Waals surface area contributed by atoms with Crippen LogP contribution in [0.2, 0.25) is 0 Å². The highest BCUT2D eigenvalue weighted by molar-refractivity contribution is 5.23. The fraction of sp³-hybridized carbons (Fsp3) is 0.333. The minimum Gasteiger partial charge on any atom is -0.0910 e. The normalized spacial score (nSPS) is 13.5. The van der Waals surface area contributed by atoms with E-state index in [9.17, 15) is 0 Å². The van der Waals surface area contributed by atoms with Crippen LogP contribution in [-0.4, -0.2) is 0 Å². The molecule has 1 aromatic rings. The van der Waals surface area contributed by atoms with Crippen LogP contribution in [-0.2, 0) is 0 Å². The maximum Gasteiger partial charge on any atom is 0.00152 e. The van der Waals surface area contributed by atoms with Crippen LogP contribution in [0.25, 0.3) is 0 Å². The topological polar surface area (TPSA) is 0 Å². The molecule has 0 aliphatic rings. The molecule has 1 rings (SSSR count). The first-order valence-electron chi connectivity index (χ1n) is 4.56. The quantitative estimate of drug-likeness (QED) is 0.591. The van der Waals surface area contributed by atoms with Crippen molar-refractivity contribution in [1.29, 1.82) is 0 Å². The number of hydrogen-bond acceptors (Lipinski definition) is 0. The molecule has 0 saturated carbocycles. The molecule has 0 nitrogen and oxygen atoms in total. The molecule has 1 aromatic carbocycles. The van der Waals surface area contributed by atoms with E-state index in [1.807, 2.05) is 0 Å². The molecule has 1 atom stereocenters. The second-order valence-electron chi connectivity index (χ2n) is 2.95. The molecule has 0 radical (unpaired) electrons. The van der Waals surface area contributed by atoms with E-state index < -0.39 is 0 Å². The summed E-state index contributed by atoms with van der Waals surface area (Å²) in [5.74, 6) is 0.594. The third-order valence-corrected chi connectivity index (χ3v) is 2.09. The molecule has 0 aromatic heterocycles. The van der Waals surface area contributed by atoms with Crippen LogP contribution in [0.15, 0.2) is 42.5 Å². The van der Waals surface area contributed by atoms with Gasteiger partial charge in [-0.2, -0.15) is 0 Å². The summed E-state index contributed by atoms with van der Waals surface area (Å²) in [5.41, 5.74) is 1.41. The highest BCUT2D eigenvalue weighted by Gasteiger charge is 2.02. The molecule has 64 valence electrons. The SMILES string of the molecule is C/C=C\[C@@H](CC)c1ccccc1. The number of benzene rings is 1. The average Bonchev–Trinajstić information content (AvgIpc) is 2.15. The summed E-state index contributed by atoms with van der Waals surface area (Å²) >= 11 is 0. The van der Waals surface area contributed by atoms with E-state index >= 15 is 0 Å². The van der Waals surface area contributed by atoms with E-state index in [0.29, 0.717) is 5.92 Å². The molecule has 0 saturated heterocycles. The van der Waals surface area contributed by atoms with Crippen LogP contribution in [0.1, 0.15) is 31.7 Å². The third kappa shape index (κ3) is 2.23. The lowest BCUT2D eigenvalue weighted by molar-refractivity contribution is 0.804. The Hall–Kier alpha value is -1.04. The van der Waals surface area contributed by atoms with Crippen molar-refractivity contribution in [1.82, 2.24) is 0 Å². The lowest BCUT2D eigenvalue weighted by atomic mass is 9.96. The summed E-state index contributed by atoms with van der Waals surface area (Å²) in [4.78, 5) is 0. The van der Waals surface area contributed by atoms with Crippen LogP contribution < -0.4 is 0 Å². The van der Waals surface area contributed by atoms with Gasteiger partial charge in [0.2, 0.25) is 0 Å². The zero-order chi connectivity index (χ0) is 8.81. The first-order valence-corrected chi connectivity index (χ1v) is 4.56. The van der Waals surface area contributed by atoms with Gasteiger partial charge >= 0.3 is 0 Å². The Kier molecular flexibility index (Phi) is 3.59. The maximum absolute atomic E-state index is 2.26. The third-order valence-electron chi connectivity index (χ3n) is 2.09. The summed E-state index contributed by atoms with van der Waals surface area (Å²) in [6, 6.07) is 10.6. The second-order valence-corrected chi connectivity index (χ2v) is 2.95. The van der Waals surface area contributed by atoms with Crippen molar-refractivity contribution in [3.8, 4) is 0 Å². The van der Waals surface area contributed by atoms with Crippen molar-refractivity contribution in [2.24, 2.45) is 0 Å². The van der Waals surface area contributed by atoms with Gasteiger partial charge in [-0.05, 0) is 18.9 Å². The van der Waals surface area contributed by atoms with E-state index in [2.05, 4.69) is 56.3 Å². The van der Waals surface area contributed by atoms with Crippen LogP contribution in [0.5, 0.6) is 0 Å². The van der Waals surface area contributed by atoms with Gasteiger partial charge in [0.25, 0.3) is 0 Å². The molecule has 0 unspecified atom stereocenters. The molecule has 0 heterocycles. The van der Waals surface area contributed by atoms with Gasteiger partial charge in [-0.3, -0.25) is 0 Å². The first-order chi connectivity index (χ1) is 5.88. The summed E-state index contributed by atoms with van der Waals surface area (Å²) in [6.45, 7) is 4.29. The van der Waals surface area contributed by atoms with Crippen LogP contribution in [0.4, 0.5) is 0 Å². The molecule has 0 spiro atoms. The Morgan fingerprint density at radius 1 is 1.25 bits per heavy atom. The molecule has 0 bridgehead atoms. The fourth-order valence-electron chi connectivity index (χ4n) is 1.42. The molecule has 0 heteroatoms. The molecule has 0 aliphatic carbocycles. The minimum atomic E-state index is 0.594. The van der Waals surface area contributed by atoms with Gasteiger partial charge in [0, 0.05) is 5.92 Å². The Morgan fingerprint density at radius 3 is 2.42 bits per heavy atom. The predicted octanol–water partition coefficient (Wildman–Crippen LogP) is 3.76. The lowest BCUT2D eigenvalue weighted by Gasteiger charge is -2.09. The van der Waals surface area contributed by atoms with E-state index in [1.54, 1.807) is 0 Å². The molecule has 0 amide bonds. The zero-order valence-corrected chi connectivity index (χ0v) is 7.83. The van der Waals surface area contributed by atoms with Gasteiger partial charge < -0.3 is 0 Å². The van der Waals surface area contributed by atoms with Gasteiger partial charge in [0.15, 0.2) is 0 Å².